The Morgan fingerprint density at radius 1 is 1.03 bits per heavy atom. The Kier molecular flexibility index (Phi) is 10.3. The molecule has 11 heteroatoms. The molecule has 0 spiro atoms. The van der Waals surface area contributed by atoms with E-state index in [9.17, 15) is 19.3 Å². The standard InChI is InChI=1S/C25H34FN7O3/c1-17-6-7-18(14-23(17)33(35)36)24-31-21-16-22(20(26)15-19(21)25(34)32-24)30-13-5-12-29-10-3-2-9-28-11-4-8-27/h6-7,14-16,28-30H,2-5,8-13,27H2,1H3,(H,31,32,34). The molecule has 36 heavy (non-hydrogen) atoms. The van der Waals surface area contributed by atoms with Crippen LogP contribution < -0.4 is 27.2 Å². The van der Waals surface area contributed by atoms with Crippen molar-refractivity contribution in [2.24, 2.45) is 5.73 Å². The summed E-state index contributed by atoms with van der Waals surface area (Å²) in [5.74, 6) is -0.351. The molecular weight excluding hydrogens is 465 g/mol. The van der Waals surface area contributed by atoms with Crippen molar-refractivity contribution in [1.82, 2.24) is 20.6 Å². The van der Waals surface area contributed by atoms with Gasteiger partial charge in [-0.1, -0.05) is 12.1 Å². The molecule has 0 radical (unpaired) electrons. The third-order valence-electron chi connectivity index (χ3n) is 5.83. The second-order valence-electron chi connectivity index (χ2n) is 8.65. The summed E-state index contributed by atoms with van der Waals surface area (Å²) in [4.78, 5) is 30.4. The van der Waals surface area contributed by atoms with Crippen LogP contribution in [-0.2, 0) is 0 Å². The van der Waals surface area contributed by atoms with Gasteiger partial charge in [0.1, 0.15) is 11.6 Å². The first-order valence-corrected chi connectivity index (χ1v) is 12.2. The normalized spacial score (nSPS) is 11.2. The first-order chi connectivity index (χ1) is 17.4. The number of nitrogens with one attached hydrogen (secondary N) is 4. The number of aryl methyl sites for hydroxylation is 1. The maximum atomic E-state index is 14.6. The van der Waals surface area contributed by atoms with Gasteiger partial charge in [-0.25, -0.2) is 9.37 Å². The first kappa shape index (κ1) is 27.2. The molecule has 1 aromatic heterocycles. The maximum absolute atomic E-state index is 14.6. The predicted molar refractivity (Wildman–Crippen MR) is 141 cm³/mol. The number of hydrogen-bond acceptors (Lipinski definition) is 8. The van der Waals surface area contributed by atoms with Gasteiger partial charge in [0.15, 0.2) is 0 Å². The Bertz CT molecular complexity index is 1230. The number of nitro groups is 1. The summed E-state index contributed by atoms with van der Waals surface area (Å²) in [6, 6.07) is 7.28. The Balaban J connectivity index is 1.56. The number of nitro benzene ring substituents is 1. The smallest absolute Gasteiger partial charge is 0.273 e. The van der Waals surface area contributed by atoms with Crippen LogP contribution in [0.1, 0.15) is 31.2 Å². The Labute approximate surface area is 209 Å². The van der Waals surface area contributed by atoms with Crippen LogP contribution in [0.5, 0.6) is 0 Å². The average Bonchev–Trinajstić information content (AvgIpc) is 2.85. The molecule has 1 heterocycles. The minimum absolute atomic E-state index is 0.0653. The van der Waals surface area contributed by atoms with Crippen molar-refractivity contribution in [2.75, 3.05) is 44.6 Å². The molecule has 0 atom stereocenters. The first-order valence-electron chi connectivity index (χ1n) is 12.2. The second-order valence-corrected chi connectivity index (χ2v) is 8.65. The zero-order valence-electron chi connectivity index (χ0n) is 20.5. The summed E-state index contributed by atoms with van der Waals surface area (Å²) in [5, 5.41) is 21.2. The van der Waals surface area contributed by atoms with Crippen LogP contribution >= 0.6 is 0 Å². The SMILES string of the molecule is Cc1ccc(-c2nc3cc(NCCCNCCCCNCCCN)c(F)cc3c(=O)[nH]2)cc1[N+](=O)[O-]. The number of benzene rings is 2. The summed E-state index contributed by atoms with van der Waals surface area (Å²) in [6.07, 6.45) is 3.97. The Morgan fingerprint density at radius 2 is 1.72 bits per heavy atom. The zero-order chi connectivity index (χ0) is 25.9. The van der Waals surface area contributed by atoms with E-state index in [-0.39, 0.29) is 22.6 Å². The van der Waals surface area contributed by atoms with Gasteiger partial charge in [-0.05, 0) is 77.5 Å². The maximum Gasteiger partial charge on any atom is 0.273 e. The quantitative estimate of drug-likeness (QED) is 0.122. The van der Waals surface area contributed by atoms with E-state index in [1.807, 2.05) is 0 Å². The van der Waals surface area contributed by atoms with Crippen LogP contribution in [0.2, 0.25) is 0 Å². The number of nitrogens with two attached hydrogens (primary N) is 1. The van der Waals surface area contributed by atoms with Crippen molar-refractivity contribution < 1.29 is 9.31 Å². The fourth-order valence-electron chi connectivity index (χ4n) is 3.80. The summed E-state index contributed by atoms with van der Waals surface area (Å²) < 4.78 is 14.6. The van der Waals surface area contributed by atoms with Gasteiger partial charge in [0.25, 0.3) is 11.2 Å². The number of H-pyrrole nitrogens is 1. The minimum atomic E-state index is -0.538. The number of aromatic nitrogens is 2. The van der Waals surface area contributed by atoms with Crippen molar-refractivity contribution in [3.8, 4) is 11.4 Å². The van der Waals surface area contributed by atoms with Gasteiger partial charge in [-0.3, -0.25) is 14.9 Å². The topological polar surface area (TPSA) is 151 Å². The summed E-state index contributed by atoms with van der Waals surface area (Å²) in [5.41, 5.74) is 6.35. The molecule has 0 fully saturated rings. The van der Waals surface area contributed by atoms with Gasteiger partial charge >= 0.3 is 0 Å². The average molecular weight is 500 g/mol. The van der Waals surface area contributed by atoms with E-state index < -0.39 is 16.3 Å². The molecule has 10 nitrogen and oxygen atoms in total. The Morgan fingerprint density at radius 3 is 2.42 bits per heavy atom. The lowest BCUT2D eigenvalue weighted by Crippen LogP contribution is -2.22. The van der Waals surface area contributed by atoms with Gasteiger partial charge in [0.2, 0.25) is 0 Å². The van der Waals surface area contributed by atoms with Gasteiger partial charge in [-0.2, -0.15) is 0 Å². The molecule has 0 saturated carbocycles. The minimum Gasteiger partial charge on any atom is -0.383 e. The summed E-state index contributed by atoms with van der Waals surface area (Å²) in [6.45, 7) is 6.58. The van der Waals surface area contributed by atoms with Crippen molar-refractivity contribution in [1.29, 1.82) is 0 Å². The van der Waals surface area contributed by atoms with E-state index in [1.165, 1.54) is 12.1 Å². The molecule has 0 saturated heterocycles. The molecule has 0 bridgehead atoms. The van der Waals surface area contributed by atoms with E-state index in [0.29, 0.717) is 29.7 Å². The van der Waals surface area contributed by atoms with Crippen molar-refractivity contribution in [3.63, 3.8) is 0 Å². The molecule has 3 aromatic rings. The van der Waals surface area contributed by atoms with Crippen LogP contribution in [0.4, 0.5) is 15.8 Å². The third-order valence-corrected chi connectivity index (χ3v) is 5.83. The van der Waals surface area contributed by atoms with Gasteiger partial charge in [0.05, 0.1) is 21.5 Å². The largest absolute Gasteiger partial charge is 0.383 e. The van der Waals surface area contributed by atoms with E-state index in [4.69, 9.17) is 5.73 Å². The van der Waals surface area contributed by atoms with Crippen molar-refractivity contribution in [2.45, 2.75) is 32.6 Å². The van der Waals surface area contributed by atoms with E-state index in [0.717, 1.165) is 57.9 Å². The highest BCUT2D eigenvalue weighted by Crippen LogP contribution is 2.26. The lowest BCUT2D eigenvalue weighted by molar-refractivity contribution is -0.385. The molecule has 0 amide bonds. The number of anilines is 1. The second kappa shape index (κ2) is 13.6. The number of fused-ring (bicyclic) bond motifs is 1. The molecule has 0 aliphatic rings. The fourth-order valence-corrected chi connectivity index (χ4v) is 3.80. The highest BCUT2D eigenvalue weighted by molar-refractivity contribution is 5.83. The van der Waals surface area contributed by atoms with Crippen LogP contribution in [0.25, 0.3) is 22.3 Å². The van der Waals surface area contributed by atoms with E-state index in [1.54, 1.807) is 19.1 Å². The molecule has 0 aliphatic carbocycles. The molecular formula is C25H34FN7O3. The highest BCUT2D eigenvalue weighted by Gasteiger charge is 2.15. The monoisotopic (exact) mass is 499 g/mol. The molecule has 0 aliphatic heterocycles. The number of rotatable bonds is 15. The lowest BCUT2D eigenvalue weighted by atomic mass is 10.1. The number of unbranched alkanes of at least 4 members (excludes halogenated alkanes) is 1. The summed E-state index contributed by atoms with van der Waals surface area (Å²) in [7, 11) is 0. The van der Waals surface area contributed by atoms with E-state index in [2.05, 4.69) is 25.9 Å². The number of halogens is 1. The number of aromatic amines is 1. The van der Waals surface area contributed by atoms with Crippen LogP contribution in [0, 0.1) is 22.9 Å². The van der Waals surface area contributed by atoms with Gasteiger partial charge in [0, 0.05) is 23.7 Å². The van der Waals surface area contributed by atoms with Gasteiger partial charge < -0.3 is 26.7 Å². The number of hydrogen-bond donors (Lipinski definition) is 5. The van der Waals surface area contributed by atoms with Crippen molar-refractivity contribution in [3.05, 3.63) is 62.2 Å². The van der Waals surface area contributed by atoms with Crippen LogP contribution in [0.15, 0.2) is 35.1 Å². The fraction of sp³-hybridized carbons (Fsp3) is 0.440. The van der Waals surface area contributed by atoms with Gasteiger partial charge in [-0.15, -0.1) is 0 Å². The highest BCUT2D eigenvalue weighted by atomic mass is 19.1. The third kappa shape index (κ3) is 7.54. The molecule has 3 rings (SSSR count). The Hall–Kier alpha value is -3.41. The molecule has 2 aromatic carbocycles. The predicted octanol–water partition coefficient (Wildman–Crippen LogP) is 3.06. The molecule has 6 N–H and O–H groups in total. The number of nitrogens with zero attached hydrogens (tertiary/aromatic N) is 2. The summed E-state index contributed by atoms with van der Waals surface area (Å²) >= 11 is 0. The zero-order valence-corrected chi connectivity index (χ0v) is 20.5. The lowest BCUT2D eigenvalue weighted by Gasteiger charge is -2.10. The van der Waals surface area contributed by atoms with Crippen LogP contribution in [-0.4, -0.2) is 54.2 Å². The van der Waals surface area contributed by atoms with E-state index >= 15 is 0 Å². The molecule has 194 valence electrons. The van der Waals surface area contributed by atoms with Crippen molar-refractivity contribution >= 4 is 22.3 Å². The van der Waals surface area contributed by atoms with Crippen LogP contribution in [0.3, 0.4) is 0 Å². The molecule has 0 unspecified atom stereocenters.